The first kappa shape index (κ1) is 15.5. The molecule has 0 spiro atoms. The van der Waals surface area contributed by atoms with Crippen molar-refractivity contribution in [2.75, 3.05) is 26.3 Å². The lowest BCUT2D eigenvalue weighted by Crippen LogP contribution is -2.35. The second-order valence-electron chi connectivity index (χ2n) is 6.87. The maximum Gasteiger partial charge on any atom is 0.178 e. The SMILES string of the molecule is Cc1nc2nccc(-c3cc4cc(CN5CCOCC5)ccc4[nH]3)c2[nH]1. The number of pyridine rings is 1. The predicted octanol–water partition coefficient (Wildman–Crippen LogP) is 3.25. The van der Waals surface area contributed by atoms with Crippen LogP contribution in [0, 0.1) is 6.92 Å². The molecule has 6 nitrogen and oxygen atoms in total. The van der Waals surface area contributed by atoms with E-state index in [1.807, 2.05) is 19.2 Å². The number of fused-ring (bicyclic) bond motifs is 2. The van der Waals surface area contributed by atoms with Crippen molar-refractivity contribution >= 4 is 22.1 Å². The van der Waals surface area contributed by atoms with E-state index in [0.29, 0.717) is 0 Å². The Morgan fingerprint density at radius 2 is 2.00 bits per heavy atom. The third-order valence-corrected chi connectivity index (χ3v) is 5.00. The molecule has 0 aliphatic carbocycles. The van der Waals surface area contributed by atoms with E-state index in [4.69, 9.17) is 4.74 Å². The summed E-state index contributed by atoms with van der Waals surface area (Å²) in [7, 11) is 0. The van der Waals surface area contributed by atoms with Gasteiger partial charge in [0.1, 0.15) is 5.82 Å². The quantitative estimate of drug-likeness (QED) is 0.597. The van der Waals surface area contributed by atoms with Crippen molar-refractivity contribution < 1.29 is 4.74 Å². The van der Waals surface area contributed by atoms with Crippen molar-refractivity contribution in [2.24, 2.45) is 0 Å². The Bertz CT molecular complexity index is 1070. The molecule has 132 valence electrons. The first-order valence-electron chi connectivity index (χ1n) is 9.00. The molecule has 0 unspecified atom stereocenters. The van der Waals surface area contributed by atoms with Crippen molar-refractivity contribution in [1.82, 2.24) is 24.8 Å². The van der Waals surface area contributed by atoms with Crippen molar-refractivity contribution in [1.29, 1.82) is 0 Å². The molecule has 0 amide bonds. The van der Waals surface area contributed by atoms with Crippen molar-refractivity contribution in [3.05, 3.63) is 47.9 Å². The van der Waals surface area contributed by atoms with Crippen LogP contribution in [0.15, 0.2) is 36.5 Å². The minimum atomic E-state index is 0.756. The molecule has 4 heterocycles. The van der Waals surface area contributed by atoms with Crippen LogP contribution in [-0.4, -0.2) is 51.1 Å². The Kier molecular flexibility index (Phi) is 3.72. The molecule has 1 saturated heterocycles. The zero-order valence-electron chi connectivity index (χ0n) is 14.7. The van der Waals surface area contributed by atoms with E-state index in [9.17, 15) is 0 Å². The van der Waals surface area contributed by atoms with Crippen LogP contribution in [0.2, 0.25) is 0 Å². The van der Waals surface area contributed by atoms with Crippen LogP contribution in [-0.2, 0) is 11.3 Å². The maximum atomic E-state index is 5.44. The Balaban J connectivity index is 1.51. The van der Waals surface area contributed by atoms with Gasteiger partial charge in [0.05, 0.1) is 18.7 Å². The zero-order valence-corrected chi connectivity index (χ0v) is 14.7. The van der Waals surface area contributed by atoms with Gasteiger partial charge in [-0.1, -0.05) is 6.07 Å². The normalized spacial score (nSPS) is 15.9. The molecule has 1 aliphatic rings. The standard InChI is InChI=1S/C20H21N5O/c1-13-22-19-16(4-5-21-20(19)23-13)18-11-15-10-14(2-3-17(15)24-18)12-25-6-8-26-9-7-25/h2-5,10-11,24H,6-9,12H2,1H3,(H,21,22,23). The highest BCUT2D eigenvalue weighted by molar-refractivity contribution is 5.94. The van der Waals surface area contributed by atoms with E-state index < -0.39 is 0 Å². The van der Waals surface area contributed by atoms with Crippen LogP contribution in [0.1, 0.15) is 11.4 Å². The van der Waals surface area contributed by atoms with E-state index in [-0.39, 0.29) is 0 Å². The number of morpholine rings is 1. The fourth-order valence-corrected chi connectivity index (χ4v) is 3.69. The number of ether oxygens (including phenoxy) is 1. The average Bonchev–Trinajstić information content (AvgIpc) is 3.24. The number of imidazole rings is 1. The molecule has 2 N–H and O–H groups in total. The largest absolute Gasteiger partial charge is 0.379 e. The van der Waals surface area contributed by atoms with Gasteiger partial charge in [-0.15, -0.1) is 0 Å². The van der Waals surface area contributed by atoms with Crippen molar-refractivity contribution in [2.45, 2.75) is 13.5 Å². The molecule has 3 aromatic heterocycles. The second-order valence-corrected chi connectivity index (χ2v) is 6.87. The third kappa shape index (κ3) is 2.77. The Labute approximate surface area is 151 Å². The van der Waals surface area contributed by atoms with E-state index in [2.05, 4.69) is 49.1 Å². The molecule has 26 heavy (non-hydrogen) atoms. The molecular weight excluding hydrogens is 326 g/mol. The van der Waals surface area contributed by atoms with Gasteiger partial charge in [0, 0.05) is 48.0 Å². The average molecular weight is 347 g/mol. The number of H-pyrrole nitrogens is 2. The highest BCUT2D eigenvalue weighted by Gasteiger charge is 2.13. The van der Waals surface area contributed by atoms with Gasteiger partial charge in [-0.3, -0.25) is 4.90 Å². The molecule has 1 fully saturated rings. The molecule has 6 heteroatoms. The lowest BCUT2D eigenvalue weighted by Gasteiger charge is -2.26. The van der Waals surface area contributed by atoms with Gasteiger partial charge in [0.2, 0.25) is 0 Å². The zero-order chi connectivity index (χ0) is 17.5. The first-order chi connectivity index (χ1) is 12.8. The number of nitrogens with zero attached hydrogens (tertiary/aromatic N) is 3. The second kappa shape index (κ2) is 6.23. The lowest BCUT2D eigenvalue weighted by molar-refractivity contribution is 0.0342. The molecule has 0 radical (unpaired) electrons. The van der Waals surface area contributed by atoms with Gasteiger partial charge in [-0.2, -0.15) is 0 Å². The summed E-state index contributed by atoms with van der Waals surface area (Å²) in [5.41, 5.74) is 6.40. The monoisotopic (exact) mass is 347 g/mol. The number of aromatic amines is 2. The third-order valence-electron chi connectivity index (χ3n) is 5.00. The van der Waals surface area contributed by atoms with Crippen molar-refractivity contribution in [3.63, 3.8) is 0 Å². The molecule has 5 rings (SSSR count). The Morgan fingerprint density at radius 3 is 2.88 bits per heavy atom. The predicted molar refractivity (Wildman–Crippen MR) is 102 cm³/mol. The number of hydrogen-bond donors (Lipinski definition) is 2. The fraction of sp³-hybridized carbons (Fsp3) is 0.300. The van der Waals surface area contributed by atoms with Gasteiger partial charge in [-0.05, 0) is 36.8 Å². The summed E-state index contributed by atoms with van der Waals surface area (Å²) in [5, 5.41) is 1.23. The number of hydrogen-bond acceptors (Lipinski definition) is 4. The molecule has 0 saturated carbocycles. The summed E-state index contributed by atoms with van der Waals surface area (Å²) in [6, 6.07) is 10.9. The van der Waals surface area contributed by atoms with Gasteiger partial charge < -0.3 is 14.7 Å². The molecular formula is C20H21N5O. The number of aromatic nitrogens is 4. The van der Waals surface area contributed by atoms with Gasteiger partial charge in [0.25, 0.3) is 0 Å². The smallest absolute Gasteiger partial charge is 0.178 e. The summed E-state index contributed by atoms with van der Waals surface area (Å²) >= 11 is 0. The number of rotatable bonds is 3. The first-order valence-corrected chi connectivity index (χ1v) is 9.00. The lowest BCUT2D eigenvalue weighted by atomic mass is 10.1. The Hall–Kier alpha value is -2.70. The highest BCUT2D eigenvalue weighted by atomic mass is 16.5. The molecule has 1 aliphatic heterocycles. The van der Waals surface area contributed by atoms with Crippen LogP contribution in [0.25, 0.3) is 33.3 Å². The van der Waals surface area contributed by atoms with Gasteiger partial charge >= 0.3 is 0 Å². The topological polar surface area (TPSA) is 69.8 Å². The van der Waals surface area contributed by atoms with E-state index in [1.54, 1.807) is 0 Å². The summed E-state index contributed by atoms with van der Waals surface area (Å²) in [5.74, 6) is 0.879. The van der Waals surface area contributed by atoms with E-state index >= 15 is 0 Å². The van der Waals surface area contributed by atoms with Crippen LogP contribution in [0.4, 0.5) is 0 Å². The number of aryl methyl sites for hydroxylation is 1. The number of benzene rings is 1. The van der Waals surface area contributed by atoms with Gasteiger partial charge in [-0.25, -0.2) is 9.97 Å². The summed E-state index contributed by atoms with van der Waals surface area (Å²) in [6.07, 6.45) is 1.81. The maximum absolute atomic E-state index is 5.44. The van der Waals surface area contributed by atoms with Gasteiger partial charge in [0.15, 0.2) is 5.65 Å². The van der Waals surface area contributed by atoms with Crippen molar-refractivity contribution in [3.8, 4) is 11.3 Å². The molecule has 0 bridgehead atoms. The van der Waals surface area contributed by atoms with Crippen LogP contribution >= 0.6 is 0 Å². The molecule has 0 atom stereocenters. The van der Waals surface area contributed by atoms with Crippen LogP contribution in [0.3, 0.4) is 0 Å². The summed E-state index contributed by atoms with van der Waals surface area (Å²) in [6.45, 7) is 6.60. The van der Waals surface area contributed by atoms with Crippen LogP contribution < -0.4 is 0 Å². The van der Waals surface area contributed by atoms with E-state index in [1.165, 1.54) is 10.9 Å². The highest BCUT2D eigenvalue weighted by Crippen LogP contribution is 2.29. The summed E-state index contributed by atoms with van der Waals surface area (Å²) in [4.78, 5) is 18.1. The van der Waals surface area contributed by atoms with E-state index in [0.717, 1.165) is 66.6 Å². The minimum absolute atomic E-state index is 0.756. The minimum Gasteiger partial charge on any atom is -0.379 e. The fourth-order valence-electron chi connectivity index (χ4n) is 3.69. The summed E-state index contributed by atoms with van der Waals surface area (Å²) < 4.78 is 5.44. The Morgan fingerprint density at radius 1 is 1.12 bits per heavy atom. The number of nitrogens with one attached hydrogen (secondary N) is 2. The van der Waals surface area contributed by atoms with Crippen LogP contribution in [0.5, 0.6) is 0 Å². The molecule has 4 aromatic rings. The molecule has 1 aromatic carbocycles.